The van der Waals surface area contributed by atoms with Gasteiger partial charge in [-0.25, -0.2) is 9.59 Å². The number of nitro benzene ring substituents is 1. The number of carboxylic acids is 1. The molecule has 106 valence electrons. The minimum Gasteiger partial charge on any atom is -0.477 e. The van der Waals surface area contributed by atoms with E-state index in [1.807, 2.05) is 0 Å². The first-order valence-corrected chi connectivity index (χ1v) is 5.91. The number of nitro groups is 1. The summed E-state index contributed by atoms with van der Waals surface area (Å²) in [6.07, 6.45) is 0. The van der Waals surface area contributed by atoms with Crippen molar-refractivity contribution in [1.82, 2.24) is 9.80 Å². The predicted molar refractivity (Wildman–Crippen MR) is 68.5 cm³/mol. The minimum absolute atomic E-state index is 0.0481. The molecule has 0 radical (unpaired) electrons. The van der Waals surface area contributed by atoms with Gasteiger partial charge in [0.2, 0.25) is 0 Å². The Hall–Kier alpha value is -2.64. The predicted octanol–water partition coefficient (Wildman–Crippen LogP) is 1.16. The van der Waals surface area contributed by atoms with E-state index in [0.29, 0.717) is 13.1 Å². The molecule has 8 heteroatoms. The summed E-state index contributed by atoms with van der Waals surface area (Å²) < 4.78 is 0. The molecule has 0 saturated carbocycles. The molecule has 1 saturated heterocycles. The molecule has 8 nitrogen and oxygen atoms in total. The second-order valence-corrected chi connectivity index (χ2v) is 4.50. The van der Waals surface area contributed by atoms with Gasteiger partial charge in [-0.3, -0.25) is 10.1 Å². The minimum atomic E-state index is -1.37. The lowest BCUT2D eigenvalue weighted by Crippen LogP contribution is -2.29. The maximum absolute atomic E-state index is 11.8. The number of aromatic carboxylic acids is 1. The Morgan fingerprint density at radius 3 is 2.65 bits per heavy atom. The summed E-state index contributed by atoms with van der Waals surface area (Å²) in [6.45, 7) is 1.07. The number of carbonyl (C=O) groups is 2. The molecule has 2 amide bonds. The second-order valence-electron chi connectivity index (χ2n) is 4.50. The van der Waals surface area contributed by atoms with Gasteiger partial charge >= 0.3 is 12.0 Å². The Bertz CT molecular complexity index is 586. The van der Waals surface area contributed by atoms with Gasteiger partial charge in [-0.05, 0) is 5.56 Å². The molecule has 2 rings (SSSR count). The molecule has 0 atom stereocenters. The maximum Gasteiger partial charge on any atom is 0.343 e. The quantitative estimate of drug-likeness (QED) is 0.657. The molecule has 1 aromatic carbocycles. The maximum atomic E-state index is 11.8. The van der Waals surface area contributed by atoms with Crippen LogP contribution < -0.4 is 0 Å². The van der Waals surface area contributed by atoms with Gasteiger partial charge in [0.15, 0.2) is 0 Å². The third-order valence-corrected chi connectivity index (χ3v) is 3.20. The number of urea groups is 1. The number of rotatable bonds is 4. The smallest absolute Gasteiger partial charge is 0.343 e. The molecule has 1 N–H and O–H groups in total. The second kappa shape index (κ2) is 5.16. The van der Waals surface area contributed by atoms with E-state index in [1.165, 1.54) is 21.9 Å². The summed E-state index contributed by atoms with van der Waals surface area (Å²) in [4.78, 5) is 36.2. The van der Waals surface area contributed by atoms with E-state index < -0.39 is 16.6 Å². The molecule has 1 heterocycles. The molecule has 1 aliphatic rings. The molecule has 0 bridgehead atoms. The zero-order valence-corrected chi connectivity index (χ0v) is 10.8. The van der Waals surface area contributed by atoms with Gasteiger partial charge in [-0.15, -0.1) is 0 Å². The first-order chi connectivity index (χ1) is 9.41. The van der Waals surface area contributed by atoms with Crippen molar-refractivity contribution in [2.45, 2.75) is 6.54 Å². The van der Waals surface area contributed by atoms with Crippen LogP contribution >= 0.6 is 0 Å². The van der Waals surface area contributed by atoms with Crippen molar-refractivity contribution in [3.8, 4) is 0 Å². The fraction of sp³-hybridized carbons (Fsp3) is 0.333. The van der Waals surface area contributed by atoms with Crippen molar-refractivity contribution in [3.63, 3.8) is 0 Å². The normalized spacial score (nSPS) is 14.8. The highest BCUT2D eigenvalue weighted by atomic mass is 16.6. The molecule has 0 aromatic heterocycles. The van der Waals surface area contributed by atoms with E-state index >= 15 is 0 Å². The van der Waals surface area contributed by atoms with Crippen LogP contribution in [0.1, 0.15) is 15.9 Å². The Kier molecular flexibility index (Phi) is 3.55. The molecular formula is C12H13N3O5. The van der Waals surface area contributed by atoms with Crippen LogP contribution in [-0.2, 0) is 6.54 Å². The SMILES string of the molecule is CN1CCN(Cc2cccc([N+](=O)[O-])c2C(=O)O)C1=O. The zero-order chi connectivity index (χ0) is 14.9. The van der Waals surface area contributed by atoms with Gasteiger partial charge in [-0.2, -0.15) is 0 Å². The van der Waals surface area contributed by atoms with E-state index in [1.54, 1.807) is 7.05 Å². The largest absolute Gasteiger partial charge is 0.477 e. The number of nitrogens with zero attached hydrogens (tertiary/aromatic N) is 3. The van der Waals surface area contributed by atoms with Gasteiger partial charge < -0.3 is 14.9 Å². The van der Waals surface area contributed by atoms with Crippen molar-refractivity contribution in [2.24, 2.45) is 0 Å². The van der Waals surface area contributed by atoms with E-state index in [-0.39, 0.29) is 23.7 Å². The number of hydrogen-bond acceptors (Lipinski definition) is 4. The van der Waals surface area contributed by atoms with Gasteiger partial charge in [-0.1, -0.05) is 12.1 Å². The van der Waals surface area contributed by atoms with E-state index in [4.69, 9.17) is 5.11 Å². The van der Waals surface area contributed by atoms with Crippen LogP contribution in [0.15, 0.2) is 18.2 Å². The summed E-state index contributed by atoms with van der Waals surface area (Å²) in [5.74, 6) is -1.37. The average Bonchev–Trinajstić information content (AvgIpc) is 2.70. The summed E-state index contributed by atoms with van der Waals surface area (Å²) in [7, 11) is 1.65. The number of likely N-dealkylation sites (N-methyl/N-ethyl adjacent to an activating group) is 1. The molecule has 1 fully saturated rings. The number of amides is 2. The van der Waals surface area contributed by atoms with Crippen molar-refractivity contribution in [1.29, 1.82) is 0 Å². The topological polar surface area (TPSA) is 104 Å². The first kappa shape index (κ1) is 13.8. The van der Waals surface area contributed by atoms with Crippen LogP contribution in [0.3, 0.4) is 0 Å². The lowest BCUT2D eigenvalue weighted by atomic mass is 10.0. The summed E-state index contributed by atoms with van der Waals surface area (Å²) in [5, 5.41) is 20.1. The summed E-state index contributed by atoms with van der Waals surface area (Å²) >= 11 is 0. The number of benzene rings is 1. The van der Waals surface area contributed by atoms with Gasteiger partial charge in [0.1, 0.15) is 5.56 Å². The fourth-order valence-corrected chi connectivity index (χ4v) is 2.17. The van der Waals surface area contributed by atoms with Gasteiger partial charge in [0.05, 0.1) is 4.92 Å². The van der Waals surface area contributed by atoms with Crippen LogP contribution in [0, 0.1) is 10.1 Å². The zero-order valence-electron chi connectivity index (χ0n) is 10.8. The monoisotopic (exact) mass is 279 g/mol. The molecule has 20 heavy (non-hydrogen) atoms. The van der Waals surface area contributed by atoms with E-state index in [0.717, 1.165) is 6.07 Å². The van der Waals surface area contributed by atoms with Gasteiger partial charge in [0, 0.05) is 32.7 Å². The molecule has 0 aliphatic carbocycles. The van der Waals surface area contributed by atoms with Crippen LogP contribution in [0.4, 0.5) is 10.5 Å². The molecule has 1 aromatic rings. The Balaban J connectivity index is 2.37. The van der Waals surface area contributed by atoms with Crippen molar-refractivity contribution < 1.29 is 19.6 Å². The number of carbonyl (C=O) groups excluding carboxylic acids is 1. The first-order valence-electron chi connectivity index (χ1n) is 5.91. The average molecular weight is 279 g/mol. The standard InChI is InChI=1S/C12H13N3O5/c1-13-5-6-14(12(13)18)7-8-3-2-4-9(15(19)20)10(8)11(16)17/h2-4H,5-7H2,1H3,(H,16,17). The van der Waals surface area contributed by atoms with Crippen molar-refractivity contribution in [3.05, 3.63) is 39.4 Å². The number of hydrogen-bond donors (Lipinski definition) is 1. The van der Waals surface area contributed by atoms with Crippen LogP contribution in [-0.4, -0.2) is 52.0 Å². The van der Waals surface area contributed by atoms with Crippen LogP contribution in [0.2, 0.25) is 0 Å². The van der Waals surface area contributed by atoms with Gasteiger partial charge in [0.25, 0.3) is 5.69 Å². The Labute approximate surface area is 114 Å². The van der Waals surface area contributed by atoms with E-state index in [9.17, 15) is 19.7 Å². The van der Waals surface area contributed by atoms with Crippen molar-refractivity contribution >= 4 is 17.7 Å². The Morgan fingerprint density at radius 2 is 2.15 bits per heavy atom. The third kappa shape index (κ3) is 2.40. The number of carboxylic acid groups (broad SMARTS) is 1. The molecule has 1 aliphatic heterocycles. The Morgan fingerprint density at radius 1 is 1.45 bits per heavy atom. The van der Waals surface area contributed by atoms with E-state index in [2.05, 4.69) is 0 Å². The molecule has 0 unspecified atom stereocenters. The third-order valence-electron chi connectivity index (χ3n) is 3.20. The lowest BCUT2D eigenvalue weighted by molar-refractivity contribution is -0.385. The van der Waals surface area contributed by atoms with Crippen LogP contribution in [0.5, 0.6) is 0 Å². The highest BCUT2D eigenvalue weighted by Crippen LogP contribution is 2.24. The highest BCUT2D eigenvalue weighted by Gasteiger charge is 2.29. The highest BCUT2D eigenvalue weighted by molar-refractivity contribution is 5.94. The van der Waals surface area contributed by atoms with Crippen molar-refractivity contribution in [2.75, 3.05) is 20.1 Å². The molecule has 0 spiro atoms. The fourth-order valence-electron chi connectivity index (χ4n) is 2.17. The molecular weight excluding hydrogens is 266 g/mol. The summed E-state index contributed by atoms with van der Waals surface area (Å²) in [6, 6.07) is 3.84. The lowest BCUT2D eigenvalue weighted by Gasteiger charge is -2.17. The summed E-state index contributed by atoms with van der Waals surface area (Å²) in [5.41, 5.74) is -0.565. The van der Waals surface area contributed by atoms with Crippen LogP contribution in [0.25, 0.3) is 0 Å².